The van der Waals surface area contributed by atoms with Gasteiger partial charge in [0.25, 0.3) is 0 Å². The summed E-state index contributed by atoms with van der Waals surface area (Å²) in [4.78, 5) is 13.9. The van der Waals surface area contributed by atoms with E-state index in [9.17, 15) is 4.79 Å². The summed E-state index contributed by atoms with van der Waals surface area (Å²) in [6.45, 7) is 3.47. The van der Waals surface area contributed by atoms with Gasteiger partial charge in [0, 0.05) is 19.1 Å². The quantitative estimate of drug-likeness (QED) is 0.636. The van der Waals surface area contributed by atoms with Gasteiger partial charge in [0.2, 0.25) is 0 Å². The van der Waals surface area contributed by atoms with E-state index >= 15 is 0 Å². The lowest BCUT2D eigenvalue weighted by Crippen LogP contribution is -2.46. The molecular weight excluding hydrogens is 230 g/mol. The fourth-order valence-electron chi connectivity index (χ4n) is 2.39. The fraction of sp³-hybridized carbons (Fsp3) is 0.923. The van der Waals surface area contributed by atoms with Crippen molar-refractivity contribution >= 4 is 6.03 Å². The normalized spacial score (nSPS) is 18.0. The van der Waals surface area contributed by atoms with Crippen molar-refractivity contribution in [1.29, 1.82) is 0 Å². The molecule has 2 amide bonds. The molecule has 0 bridgehead atoms. The average molecular weight is 257 g/mol. The number of aliphatic hydroxyl groups is 1. The predicted molar refractivity (Wildman–Crippen MR) is 72.6 cm³/mol. The van der Waals surface area contributed by atoms with E-state index in [0.29, 0.717) is 12.6 Å². The second-order valence-corrected chi connectivity index (χ2v) is 5.11. The number of carbonyl (C=O) groups excluding carboxylic acids is 1. The van der Waals surface area contributed by atoms with Gasteiger partial charge in [-0.1, -0.05) is 19.8 Å². The molecular formula is C13H27N3O2. The molecule has 0 spiro atoms. The molecule has 1 saturated carbocycles. The first kappa shape index (κ1) is 15.2. The largest absolute Gasteiger partial charge is 0.394 e. The smallest absolute Gasteiger partial charge is 0.315 e. The van der Waals surface area contributed by atoms with Gasteiger partial charge in [0.05, 0.1) is 12.6 Å². The predicted octanol–water partition coefficient (Wildman–Crippen LogP) is 0.931. The third kappa shape index (κ3) is 5.23. The number of amides is 2. The molecule has 0 heterocycles. The Morgan fingerprint density at radius 3 is 2.67 bits per heavy atom. The van der Waals surface area contributed by atoms with Gasteiger partial charge in [-0.05, 0) is 26.3 Å². The first-order chi connectivity index (χ1) is 8.67. The molecule has 0 radical (unpaired) electrons. The van der Waals surface area contributed by atoms with Gasteiger partial charge in [-0.3, -0.25) is 0 Å². The van der Waals surface area contributed by atoms with Gasteiger partial charge in [0.1, 0.15) is 0 Å². The highest BCUT2D eigenvalue weighted by Gasteiger charge is 2.19. The van der Waals surface area contributed by atoms with Crippen molar-refractivity contribution < 1.29 is 9.90 Å². The summed E-state index contributed by atoms with van der Waals surface area (Å²) in [5.41, 5.74) is 0. The van der Waals surface area contributed by atoms with E-state index in [2.05, 4.69) is 22.6 Å². The summed E-state index contributed by atoms with van der Waals surface area (Å²) in [6.07, 6.45) is 5.97. The minimum atomic E-state index is -0.185. The fourth-order valence-corrected chi connectivity index (χ4v) is 2.39. The van der Waals surface area contributed by atoms with Crippen molar-refractivity contribution in [1.82, 2.24) is 15.5 Å². The molecule has 1 aliphatic rings. The van der Waals surface area contributed by atoms with Crippen molar-refractivity contribution in [2.24, 2.45) is 0 Å². The summed E-state index contributed by atoms with van der Waals surface area (Å²) >= 11 is 0. The maximum atomic E-state index is 11.5. The van der Waals surface area contributed by atoms with Gasteiger partial charge < -0.3 is 20.6 Å². The molecule has 0 aromatic rings. The second kappa shape index (κ2) is 8.32. The number of hydrogen-bond acceptors (Lipinski definition) is 3. The number of hydrogen-bond donors (Lipinski definition) is 3. The Bertz CT molecular complexity index is 238. The lowest BCUT2D eigenvalue weighted by atomic mass is 10.2. The monoisotopic (exact) mass is 257 g/mol. The van der Waals surface area contributed by atoms with E-state index in [1.807, 2.05) is 6.92 Å². The Morgan fingerprint density at radius 2 is 2.11 bits per heavy atom. The van der Waals surface area contributed by atoms with Crippen LogP contribution in [0.1, 0.15) is 39.0 Å². The minimum absolute atomic E-state index is 0.00804. The van der Waals surface area contributed by atoms with Crippen LogP contribution in [0.5, 0.6) is 0 Å². The van der Waals surface area contributed by atoms with Crippen molar-refractivity contribution in [2.75, 3.05) is 26.7 Å². The molecule has 1 fully saturated rings. The lowest BCUT2D eigenvalue weighted by Gasteiger charge is -2.24. The topological polar surface area (TPSA) is 64.6 Å². The van der Waals surface area contributed by atoms with E-state index in [1.54, 1.807) is 0 Å². The van der Waals surface area contributed by atoms with Gasteiger partial charge in [-0.15, -0.1) is 0 Å². The molecule has 18 heavy (non-hydrogen) atoms. The zero-order valence-corrected chi connectivity index (χ0v) is 11.6. The summed E-state index contributed by atoms with van der Waals surface area (Å²) in [6, 6.07) is 0.365. The molecule has 0 aromatic heterocycles. The standard InChI is InChI=1S/C13H27N3O2/c1-3-11(10-17)15-13(18)14-8-9-16(2)12-6-4-5-7-12/h11-12,17H,3-10H2,1-2H3,(H2,14,15,18). The summed E-state index contributed by atoms with van der Waals surface area (Å²) < 4.78 is 0. The molecule has 1 rings (SSSR count). The maximum Gasteiger partial charge on any atom is 0.315 e. The number of nitrogens with one attached hydrogen (secondary N) is 2. The van der Waals surface area contributed by atoms with Crippen molar-refractivity contribution in [3.05, 3.63) is 0 Å². The Balaban J connectivity index is 2.10. The molecule has 3 N–H and O–H groups in total. The molecule has 0 aromatic carbocycles. The third-order valence-electron chi connectivity index (χ3n) is 3.75. The van der Waals surface area contributed by atoms with Gasteiger partial charge in [-0.2, -0.15) is 0 Å². The number of aliphatic hydroxyl groups excluding tert-OH is 1. The average Bonchev–Trinajstić information content (AvgIpc) is 2.89. The summed E-state index contributed by atoms with van der Waals surface area (Å²) in [5, 5.41) is 14.6. The van der Waals surface area contributed by atoms with Crippen LogP contribution in [0.3, 0.4) is 0 Å². The van der Waals surface area contributed by atoms with Gasteiger partial charge >= 0.3 is 6.03 Å². The second-order valence-electron chi connectivity index (χ2n) is 5.11. The first-order valence-electron chi connectivity index (χ1n) is 7.02. The Morgan fingerprint density at radius 1 is 1.44 bits per heavy atom. The van der Waals surface area contributed by atoms with E-state index < -0.39 is 0 Å². The van der Waals surface area contributed by atoms with Crippen LogP contribution in [-0.4, -0.2) is 54.9 Å². The zero-order chi connectivity index (χ0) is 13.4. The minimum Gasteiger partial charge on any atom is -0.394 e. The van der Waals surface area contributed by atoms with Crippen LogP contribution in [0.4, 0.5) is 4.79 Å². The molecule has 0 aliphatic heterocycles. The number of likely N-dealkylation sites (N-methyl/N-ethyl adjacent to an activating group) is 1. The zero-order valence-electron chi connectivity index (χ0n) is 11.6. The Hall–Kier alpha value is -0.810. The number of urea groups is 1. The molecule has 1 atom stereocenters. The maximum absolute atomic E-state index is 11.5. The van der Waals surface area contributed by atoms with Crippen LogP contribution in [0, 0.1) is 0 Å². The van der Waals surface area contributed by atoms with Crippen LogP contribution in [-0.2, 0) is 0 Å². The van der Waals surface area contributed by atoms with Crippen LogP contribution >= 0.6 is 0 Å². The molecule has 106 valence electrons. The van der Waals surface area contributed by atoms with Crippen molar-refractivity contribution in [2.45, 2.75) is 51.1 Å². The molecule has 1 unspecified atom stereocenters. The van der Waals surface area contributed by atoms with E-state index in [4.69, 9.17) is 5.11 Å². The number of nitrogens with zero attached hydrogens (tertiary/aromatic N) is 1. The highest BCUT2D eigenvalue weighted by atomic mass is 16.3. The molecule has 5 nitrogen and oxygen atoms in total. The molecule has 5 heteroatoms. The SMILES string of the molecule is CCC(CO)NC(=O)NCCN(C)C1CCCC1. The first-order valence-corrected chi connectivity index (χ1v) is 7.02. The lowest BCUT2D eigenvalue weighted by molar-refractivity contribution is 0.210. The van der Waals surface area contributed by atoms with Crippen molar-refractivity contribution in [3.63, 3.8) is 0 Å². The van der Waals surface area contributed by atoms with Crippen LogP contribution in [0.2, 0.25) is 0 Å². The summed E-state index contributed by atoms with van der Waals surface area (Å²) in [5.74, 6) is 0. The summed E-state index contributed by atoms with van der Waals surface area (Å²) in [7, 11) is 2.12. The Labute approximate surface area is 110 Å². The van der Waals surface area contributed by atoms with Crippen molar-refractivity contribution in [3.8, 4) is 0 Å². The molecule has 1 aliphatic carbocycles. The third-order valence-corrected chi connectivity index (χ3v) is 3.75. The highest BCUT2D eigenvalue weighted by Crippen LogP contribution is 2.21. The van der Waals surface area contributed by atoms with E-state index in [1.165, 1.54) is 25.7 Å². The van der Waals surface area contributed by atoms with Crippen LogP contribution in [0.25, 0.3) is 0 Å². The number of rotatable bonds is 7. The van der Waals surface area contributed by atoms with E-state index in [-0.39, 0.29) is 18.7 Å². The Kier molecular flexibility index (Phi) is 7.05. The van der Waals surface area contributed by atoms with Gasteiger partial charge in [-0.25, -0.2) is 4.79 Å². The van der Waals surface area contributed by atoms with Crippen LogP contribution in [0.15, 0.2) is 0 Å². The van der Waals surface area contributed by atoms with E-state index in [0.717, 1.165) is 13.0 Å². The van der Waals surface area contributed by atoms with Crippen LogP contribution < -0.4 is 10.6 Å². The highest BCUT2D eigenvalue weighted by molar-refractivity contribution is 5.74. The molecule has 0 saturated heterocycles. The van der Waals surface area contributed by atoms with Gasteiger partial charge in [0.15, 0.2) is 0 Å². The number of carbonyl (C=O) groups is 1.